The summed E-state index contributed by atoms with van der Waals surface area (Å²) in [7, 11) is 0.589. The second-order valence-electron chi connectivity index (χ2n) is 4.66. The Morgan fingerprint density at radius 1 is 1.23 bits per heavy atom. The highest BCUT2D eigenvalue weighted by Crippen LogP contribution is 2.25. The summed E-state index contributed by atoms with van der Waals surface area (Å²) in [5.74, 6) is 2.39. The summed E-state index contributed by atoms with van der Waals surface area (Å²) in [6.45, 7) is 0. The molecule has 1 unspecified atom stereocenters. The highest BCUT2D eigenvalue weighted by Gasteiger charge is 2.12. The van der Waals surface area contributed by atoms with Crippen LogP contribution in [0.5, 0.6) is 5.75 Å². The summed E-state index contributed by atoms with van der Waals surface area (Å²) in [6.07, 6.45) is 1.62. The summed E-state index contributed by atoms with van der Waals surface area (Å²) in [6, 6.07) is 11.3. The van der Waals surface area contributed by atoms with Crippen molar-refractivity contribution in [2.75, 3.05) is 7.11 Å². The van der Waals surface area contributed by atoms with Gasteiger partial charge in [0.15, 0.2) is 10.8 Å². The first-order valence-corrected chi connectivity index (χ1v) is 9.08. The second-order valence-corrected chi connectivity index (χ2v) is 6.98. The third-order valence-electron chi connectivity index (χ3n) is 3.10. The minimum atomic E-state index is -1.03. The number of hydrogen-bond donors (Lipinski definition) is 0. The van der Waals surface area contributed by atoms with E-state index in [9.17, 15) is 4.21 Å². The molecule has 2 aromatic heterocycles. The third-order valence-corrected chi connectivity index (χ3v) is 5.26. The summed E-state index contributed by atoms with van der Waals surface area (Å²) >= 11 is 1.50. The molecule has 0 amide bonds. The van der Waals surface area contributed by atoms with Gasteiger partial charge >= 0.3 is 0 Å². The van der Waals surface area contributed by atoms with Gasteiger partial charge in [0.25, 0.3) is 0 Å². The van der Waals surface area contributed by atoms with Crippen molar-refractivity contribution in [3.63, 3.8) is 0 Å². The predicted octanol–water partition coefficient (Wildman–Crippen LogP) is 3.86. The maximum absolute atomic E-state index is 12.3. The lowest BCUT2D eigenvalue weighted by atomic mass is 10.2. The number of methoxy groups -OCH3 is 1. The van der Waals surface area contributed by atoms with E-state index in [1.165, 1.54) is 11.3 Å². The van der Waals surface area contributed by atoms with Gasteiger partial charge in [0.1, 0.15) is 5.75 Å². The molecular weight excluding hydrogens is 318 g/mol. The Hall–Kier alpha value is -1.92. The van der Waals surface area contributed by atoms with E-state index in [1.807, 2.05) is 41.8 Å². The average molecular weight is 333 g/mol. The lowest BCUT2D eigenvalue weighted by molar-refractivity contribution is 0.411. The second kappa shape index (κ2) is 6.89. The first-order chi connectivity index (χ1) is 10.8. The lowest BCUT2D eigenvalue weighted by Crippen LogP contribution is -2.01. The van der Waals surface area contributed by atoms with Gasteiger partial charge in [-0.05, 0) is 18.2 Å². The monoisotopic (exact) mass is 333 g/mol. The van der Waals surface area contributed by atoms with E-state index < -0.39 is 10.8 Å². The van der Waals surface area contributed by atoms with Gasteiger partial charge < -0.3 is 9.15 Å². The molecule has 0 fully saturated rings. The molecular formula is C16H15NO3S2. The predicted molar refractivity (Wildman–Crippen MR) is 88.4 cm³/mol. The van der Waals surface area contributed by atoms with E-state index in [2.05, 4.69) is 4.98 Å². The largest absolute Gasteiger partial charge is 0.496 e. The molecule has 0 bridgehead atoms. The zero-order chi connectivity index (χ0) is 15.4. The van der Waals surface area contributed by atoms with Gasteiger partial charge in [-0.25, -0.2) is 4.98 Å². The Balaban J connectivity index is 1.67. The Bertz CT molecular complexity index is 765. The quantitative estimate of drug-likeness (QED) is 0.687. The number of hydrogen-bond acceptors (Lipinski definition) is 5. The van der Waals surface area contributed by atoms with Crippen molar-refractivity contribution >= 4 is 22.1 Å². The zero-order valence-electron chi connectivity index (χ0n) is 12.0. The topological polar surface area (TPSA) is 52.3 Å². The van der Waals surface area contributed by atoms with Gasteiger partial charge in [-0.1, -0.05) is 18.2 Å². The van der Waals surface area contributed by atoms with Crippen molar-refractivity contribution in [1.82, 2.24) is 4.98 Å². The van der Waals surface area contributed by atoms with Gasteiger partial charge in [0, 0.05) is 21.7 Å². The number of aromatic nitrogens is 1. The molecule has 2 heterocycles. The van der Waals surface area contributed by atoms with Gasteiger partial charge in [-0.2, -0.15) is 0 Å². The SMILES string of the molecule is COc1ccccc1CS(=O)Cc1csc(-c2ccco2)n1. The molecule has 1 aromatic carbocycles. The van der Waals surface area contributed by atoms with E-state index in [-0.39, 0.29) is 0 Å². The van der Waals surface area contributed by atoms with Crippen LogP contribution in [-0.2, 0) is 22.3 Å². The molecule has 3 aromatic rings. The summed E-state index contributed by atoms with van der Waals surface area (Å²) < 4.78 is 23.0. The number of furan rings is 1. The van der Waals surface area contributed by atoms with Crippen molar-refractivity contribution < 1.29 is 13.4 Å². The van der Waals surface area contributed by atoms with Gasteiger partial charge in [-0.15, -0.1) is 11.3 Å². The molecule has 22 heavy (non-hydrogen) atoms. The van der Waals surface area contributed by atoms with Crippen molar-refractivity contribution in [2.24, 2.45) is 0 Å². The summed E-state index contributed by atoms with van der Waals surface area (Å²) in [4.78, 5) is 4.48. The number of rotatable bonds is 6. The van der Waals surface area contributed by atoms with E-state index in [0.717, 1.165) is 27.8 Å². The van der Waals surface area contributed by atoms with Crippen LogP contribution < -0.4 is 4.74 Å². The Labute approximate surface area is 135 Å². The molecule has 0 saturated heterocycles. The molecule has 3 rings (SSSR count). The maximum atomic E-state index is 12.3. The fourth-order valence-electron chi connectivity index (χ4n) is 2.10. The molecule has 0 N–H and O–H groups in total. The molecule has 0 aliphatic rings. The Kier molecular flexibility index (Phi) is 4.70. The van der Waals surface area contributed by atoms with Crippen LogP contribution in [0.4, 0.5) is 0 Å². The summed E-state index contributed by atoms with van der Waals surface area (Å²) in [5, 5.41) is 2.74. The fraction of sp³-hybridized carbons (Fsp3) is 0.188. The highest BCUT2D eigenvalue weighted by molar-refractivity contribution is 7.83. The minimum Gasteiger partial charge on any atom is -0.496 e. The molecule has 6 heteroatoms. The number of para-hydroxylation sites is 1. The van der Waals surface area contributed by atoms with Crippen LogP contribution in [0.2, 0.25) is 0 Å². The van der Waals surface area contributed by atoms with E-state index in [1.54, 1.807) is 13.4 Å². The van der Waals surface area contributed by atoms with Gasteiger partial charge in [0.2, 0.25) is 0 Å². The van der Waals surface area contributed by atoms with Crippen LogP contribution in [0, 0.1) is 0 Å². The number of thiazole rings is 1. The molecule has 4 nitrogen and oxygen atoms in total. The molecule has 1 atom stereocenters. The third kappa shape index (κ3) is 3.45. The Morgan fingerprint density at radius 3 is 2.86 bits per heavy atom. The van der Waals surface area contributed by atoms with Crippen LogP contribution >= 0.6 is 11.3 Å². The first kappa shape index (κ1) is 15.0. The van der Waals surface area contributed by atoms with Crippen LogP contribution in [0.15, 0.2) is 52.5 Å². The van der Waals surface area contributed by atoms with Crippen molar-refractivity contribution in [3.8, 4) is 16.5 Å². The molecule has 0 spiro atoms. The van der Waals surface area contributed by atoms with Crippen LogP contribution in [0.1, 0.15) is 11.3 Å². The number of ether oxygens (including phenoxy) is 1. The van der Waals surface area contributed by atoms with Crippen LogP contribution in [-0.4, -0.2) is 16.3 Å². The molecule has 0 aliphatic carbocycles. The van der Waals surface area contributed by atoms with Gasteiger partial charge in [-0.3, -0.25) is 4.21 Å². The van der Waals surface area contributed by atoms with Crippen molar-refractivity contribution in [3.05, 3.63) is 59.3 Å². The fourth-order valence-corrected chi connectivity index (χ4v) is 4.15. The molecule has 0 radical (unpaired) electrons. The zero-order valence-corrected chi connectivity index (χ0v) is 13.7. The van der Waals surface area contributed by atoms with E-state index in [4.69, 9.17) is 9.15 Å². The van der Waals surface area contributed by atoms with Gasteiger partial charge in [0.05, 0.1) is 30.6 Å². The average Bonchev–Trinajstić information content (AvgIpc) is 3.18. The number of benzene rings is 1. The first-order valence-electron chi connectivity index (χ1n) is 6.71. The smallest absolute Gasteiger partial charge is 0.162 e. The van der Waals surface area contributed by atoms with E-state index in [0.29, 0.717) is 11.5 Å². The molecule has 0 aliphatic heterocycles. The van der Waals surface area contributed by atoms with Crippen molar-refractivity contribution in [1.29, 1.82) is 0 Å². The lowest BCUT2D eigenvalue weighted by Gasteiger charge is -2.07. The summed E-state index contributed by atoms with van der Waals surface area (Å²) in [5.41, 5.74) is 1.77. The standard InChI is InChI=1S/C16H15NO3S2/c1-19-14-6-3-2-5-12(14)10-22(18)11-13-9-21-16(17-13)15-7-4-8-20-15/h2-9H,10-11H2,1H3. The van der Waals surface area contributed by atoms with E-state index >= 15 is 0 Å². The highest BCUT2D eigenvalue weighted by atomic mass is 32.2. The number of nitrogens with zero attached hydrogens (tertiary/aromatic N) is 1. The Morgan fingerprint density at radius 2 is 2.09 bits per heavy atom. The minimum absolute atomic E-state index is 0.426. The molecule has 114 valence electrons. The normalized spacial score (nSPS) is 12.2. The van der Waals surface area contributed by atoms with Crippen LogP contribution in [0.25, 0.3) is 10.8 Å². The van der Waals surface area contributed by atoms with Crippen LogP contribution in [0.3, 0.4) is 0 Å². The molecule has 0 saturated carbocycles. The maximum Gasteiger partial charge on any atom is 0.162 e. The van der Waals surface area contributed by atoms with Crippen molar-refractivity contribution in [2.45, 2.75) is 11.5 Å².